The van der Waals surface area contributed by atoms with E-state index in [9.17, 15) is 4.79 Å². The number of rotatable bonds is 13. The summed E-state index contributed by atoms with van der Waals surface area (Å²) in [7, 11) is 0. The van der Waals surface area contributed by atoms with Crippen LogP contribution in [-0.4, -0.2) is 12.6 Å². The topological polar surface area (TPSA) is 35.5 Å². The summed E-state index contributed by atoms with van der Waals surface area (Å²) in [6.07, 6.45) is 11.4. The van der Waals surface area contributed by atoms with Crippen molar-refractivity contribution in [2.24, 2.45) is 0 Å². The van der Waals surface area contributed by atoms with E-state index in [2.05, 4.69) is 13.8 Å². The summed E-state index contributed by atoms with van der Waals surface area (Å²) in [4.78, 5) is 21.7. The van der Waals surface area contributed by atoms with Gasteiger partial charge in [0.25, 0.3) is 0 Å². The Bertz CT molecular complexity index is 411. The summed E-state index contributed by atoms with van der Waals surface area (Å²) in [5.74, 6) is -0.414. The predicted molar refractivity (Wildman–Crippen MR) is 94.1 cm³/mol. The summed E-state index contributed by atoms with van der Waals surface area (Å²) in [5.41, 5.74) is 1.79. The smallest absolute Gasteiger partial charge is 0.293 e. The molecule has 0 amide bonds. The van der Waals surface area contributed by atoms with Gasteiger partial charge in [-0.25, -0.2) is 4.79 Å². The normalized spacial score (nSPS) is 10.7. The molecule has 3 nitrogen and oxygen atoms in total. The van der Waals surface area contributed by atoms with Crippen LogP contribution in [0, 0.1) is 6.92 Å². The Kier molecular flexibility index (Phi) is 11.2. The molecular weight excluding hydrogens is 288 g/mol. The van der Waals surface area contributed by atoms with Gasteiger partial charge in [-0.3, -0.25) is 4.89 Å². The number of hydrogen-bond acceptors (Lipinski definition) is 3. The van der Waals surface area contributed by atoms with E-state index in [0.29, 0.717) is 12.2 Å². The maximum atomic E-state index is 11.8. The molecule has 0 atom stereocenters. The molecule has 0 aliphatic carbocycles. The van der Waals surface area contributed by atoms with Crippen LogP contribution in [0.3, 0.4) is 0 Å². The van der Waals surface area contributed by atoms with Crippen LogP contribution in [0.25, 0.3) is 0 Å². The highest BCUT2D eigenvalue weighted by Crippen LogP contribution is 2.10. The van der Waals surface area contributed by atoms with Gasteiger partial charge in [-0.15, -0.1) is 0 Å². The first-order valence-corrected chi connectivity index (χ1v) is 9.00. The number of unbranched alkanes of at least 4 members (excludes halogenated alkanes) is 7. The number of carbonyl (C=O) groups is 1. The fourth-order valence-electron chi connectivity index (χ4n) is 2.38. The summed E-state index contributed by atoms with van der Waals surface area (Å²) in [5, 5.41) is 0. The summed E-state index contributed by atoms with van der Waals surface area (Å²) in [6.45, 7) is 6.48. The molecule has 0 aromatic heterocycles. The van der Waals surface area contributed by atoms with Gasteiger partial charge in [0.15, 0.2) is 0 Å². The summed E-state index contributed by atoms with van der Waals surface area (Å²) in [6, 6.07) is 7.58. The van der Waals surface area contributed by atoms with Crippen LogP contribution < -0.4 is 0 Å². The maximum Gasteiger partial charge on any atom is 0.373 e. The summed E-state index contributed by atoms with van der Waals surface area (Å²) >= 11 is 0. The molecule has 1 radical (unpaired) electrons. The van der Waals surface area contributed by atoms with Crippen molar-refractivity contribution < 1.29 is 14.6 Å². The molecule has 0 unspecified atom stereocenters. The fourth-order valence-corrected chi connectivity index (χ4v) is 2.38. The van der Waals surface area contributed by atoms with Gasteiger partial charge < -0.3 is 0 Å². The minimum Gasteiger partial charge on any atom is -0.293 e. The highest BCUT2D eigenvalue weighted by Gasteiger charge is 2.08. The van der Waals surface area contributed by atoms with E-state index in [1.807, 2.05) is 12.1 Å². The largest absolute Gasteiger partial charge is 0.373 e. The van der Waals surface area contributed by atoms with Crippen LogP contribution >= 0.6 is 0 Å². The van der Waals surface area contributed by atoms with Gasteiger partial charge in [0.2, 0.25) is 0 Å². The zero-order valence-corrected chi connectivity index (χ0v) is 14.5. The third-order valence-electron chi connectivity index (χ3n) is 3.87. The molecule has 0 fully saturated rings. The van der Waals surface area contributed by atoms with Crippen molar-refractivity contribution in [3.63, 3.8) is 0 Å². The van der Waals surface area contributed by atoms with Gasteiger partial charge in [0.1, 0.15) is 0 Å². The number of hydrogen-bond donors (Lipinski definition) is 0. The van der Waals surface area contributed by atoms with Crippen molar-refractivity contribution >= 4 is 5.97 Å². The first kappa shape index (κ1) is 19.7. The Hall–Kier alpha value is -1.35. The molecule has 3 heteroatoms. The molecule has 0 aliphatic heterocycles. The molecular formula is C20H31O3. The van der Waals surface area contributed by atoms with Gasteiger partial charge >= 0.3 is 5.97 Å². The van der Waals surface area contributed by atoms with Crippen molar-refractivity contribution in [3.05, 3.63) is 42.3 Å². The average molecular weight is 319 g/mol. The van der Waals surface area contributed by atoms with Crippen molar-refractivity contribution in [3.8, 4) is 0 Å². The molecule has 0 saturated heterocycles. The quantitative estimate of drug-likeness (QED) is 0.266. The van der Waals surface area contributed by atoms with E-state index in [0.717, 1.165) is 25.7 Å². The van der Waals surface area contributed by atoms with E-state index >= 15 is 0 Å². The van der Waals surface area contributed by atoms with Gasteiger partial charge in [-0.1, -0.05) is 70.9 Å². The second kappa shape index (κ2) is 13.1. The minimum atomic E-state index is -0.414. The van der Waals surface area contributed by atoms with Crippen molar-refractivity contribution in [1.82, 2.24) is 0 Å². The molecule has 1 aromatic rings. The molecule has 23 heavy (non-hydrogen) atoms. The number of carbonyl (C=O) groups excluding carboxylic acids is 1. The Morgan fingerprint density at radius 3 is 2.26 bits per heavy atom. The highest BCUT2D eigenvalue weighted by molar-refractivity contribution is 5.88. The van der Waals surface area contributed by atoms with Crippen LogP contribution in [0.4, 0.5) is 0 Å². The third kappa shape index (κ3) is 9.39. The van der Waals surface area contributed by atoms with E-state index in [1.54, 1.807) is 12.1 Å². The van der Waals surface area contributed by atoms with Gasteiger partial charge in [-0.05, 0) is 37.0 Å². The maximum absolute atomic E-state index is 11.8. The standard InChI is InChI=1S/C20H31O3/c1-3-5-7-8-9-10-11-17-22-23-20(21)19-15-13-18(14-16-19)12-6-4-2/h13-16H,1,3-12,17H2,2H3. The third-order valence-corrected chi connectivity index (χ3v) is 3.87. The van der Waals surface area contributed by atoms with E-state index < -0.39 is 5.97 Å². The highest BCUT2D eigenvalue weighted by atomic mass is 17.2. The molecule has 0 heterocycles. The van der Waals surface area contributed by atoms with Crippen molar-refractivity contribution in [2.45, 2.75) is 71.1 Å². The molecule has 0 spiro atoms. The second-order valence-corrected chi connectivity index (χ2v) is 5.97. The Morgan fingerprint density at radius 1 is 0.957 bits per heavy atom. The predicted octanol–water partition coefficient (Wildman–Crippen LogP) is 5.68. The van der Waals surface area contributed by atoms with Gasteiger partial charge in [0.05, 0.1) is 12.2 Å². The van der Waals surface area contributed by atoms with Crippen LogP contribution in [0.2, 0.25) is 0 Å². The molecule has 129 valence electrons. The lowest BCUT2D eigenvalue weighted by Gasteiger charge is -2.05. The fraction of sp³-hybridized carbons (Fsp3) is 0.600. The zero-order valence-electron chi connectivity index (χ0n) is 14.5. The van der Waals surface area contributed by atoms with Crippen molar-refractivity contribution in [1.29, 1.82) is 0 Å². The molecule has 0 bridgehead atoms. The molecule has 1 aromatic carbocycles. The zero-order chi connectivity index (χ0) is 16.8. The van der Waals surface area contributed by atoms with Crippen LogP contribution in [-0.2, 0) is 16.2 Å². The summed E-state index contributed by atoms with van der Waals surface area (Å²) < 4.78 is 0. The van der Waals surface area contributed by atoms with Crippen LogP contribution in [0.1, 0.15) is 80.6 Å². The minimum absolute atomic E-state index is 0.414. The Morgan fingerprint density at radius 2 is 1.61 bits per heavy atom. The molecule has 0 N–H and O–H groups in total. The van der Waals surface area contributed by atoms with Gasteiger partial charge in [-0.2, -0.15) is 4.89 Å². The second-order valence-electron chi connectivity index (χ2n) is 5.97. The first-order valence-electron chi connectivity index (χ1n) is 9.00. The first-order chi connectivity index (χ1) is 11.3. The SMILES string of the molecule is [CH2]CCCCCCCCOOC(=O)c1ccc(CCCC)cc1. The van der Waals surface area contributed by atoms with E-state index in [-0.39, 0.29) is 0 Å². The van der Waals surface area contributed by atoms with Crippen LogP contribution in [0.15, 0.2) is 24.3 Å². The lowest BCUT2D eigenvalue weighted by atomic mass is 10.1. The average Bonchev–Trinajstić information content (AvgIpc) is 2.58. The van der Waals surface area contributed by atoms with E-state index in [1.165, 1.54) is 44.1 Å². The lowest BCUT2D eigenvalue weighted by molar-refractivity contribution is -0.241. The Balaban J connectivity index is 2.09. The molecule has 0 saturated carbocycles. The lowest BCUT2D eigenvalue weighted by Crippen LogP contribution is -2.07. The molecule has 0 aliphatic rings. The van der Waals surface area contributed by atoms with E-state index in [4.69, 9.17) is 9.78 Å². The van der Waals surface area contributed by atoms with Crippen LogP contribution in [0.5, 0.6) is 0 Å². The Labute approximate surface area is 141 Å². The number of aryl methyl sites for hydroxylation is 1. The molecule has 1 rings (SSSR count). The number of benzene rings is 1. The monoisotopic (exact) mass is 319 g/mol. The van der Waals surface area contributed by atoms with Crippen molar-refractivity contribution in [2.75, 3.05) is 6.61 Å². The van der Waals surface area contributed by atoms with Gasteiger partial charge in [0, 0.05) is 0 Å².